The van der Waals surface area contributed by atoms with Gasteiger partial charge in [-0.15, -0.1) is 5.10 Å². The third kappa shape index (κ3) is 3.79. The lowest BCUT2D eigenvalue weighted by molar-refractivity contribution is 0.199. The van der Waals surface area contributed by atoms with Gasteiger partial charge in [0, 0.05) is 11.3 Å². The van der Waals surface area contributed by atoms with Crippen LogP contribution in [0, 0.1) is 18.3 Å². The molecule has 4 heterocycles. The third-order valence-electron chi connectivity index (χ3n) is 5.23. The summed E-state index contributed by atoms with van der Waals surface area (Å²) in [6, 6.07) is 16.8. The van der Waals surface area contributed by atoms with Crippen LogP contribution in [0.25, 0.3) is 28.3 Å². The second kappa shape index (κ2) is 8.18. The molecule has 9 nitrogen and oxygen atoms in total. The van der Waals surface area contributed by atoms with Gasteiger partial charge < -0.3 is 14.8 Å². The second-order valence-corrected chi connectivity index (χ2v) is 7.56. The number of fused-ring (bicyclic) bond motifs is 1. The monoisotopic (exact) mass is 437 g/mol. The first-order chi connectivity index (χ1) is 16.0. The Balaban J connectivity index is 1.54. The summed E-state index contributed by atoms with van der Waals surface area (Å²) >= 11 is 0. The largest absolute Gasteiger partial charge is 0.461 e. The molecule has 0 spiro atoms. The predicted octanol–water partition coefficient (Wildman–Crippen LogP) is 4.45. The van der Waals surface area contributed by atoms with E-state index in [0.717, 1.165) is 22.4 Å². The van der Waals surface area contributed by atoms with E-state index >= 15 is 0 Å². The van der Waals surface area contributed by atoms with Crippen molar-refractivity contribution in [3.63, 3.8) is 0 Å². The quantitative estimate of drug-likeness (QED) is 0.413. The summed E-state index contributed by atoms with van der Waals surface area (Å²) in [4.78, 5) is 9.24. The zero-order valence-corrected chi connectivity index (χ0v) is 17.9. The summed E-state index contributed by atoms with van der Waals surface area (Å²) in [5.41, 5.74) is 4.63. The van der Waals surface area contributed by atoms with Crippen molar-refractivity contribution in [2.24, 2.45) is 0 Å². The maximum atomic E-state index is 10.2. The van der Waals surface area contributed by atoms with Crippen LogP contribution in [0.15, 0.2) is 65.5 Å². The molecular formula is C24H19N7O2. The van der Waals surface area contributed by atoms with Crippen LogP contribution in [0.2, 0.25) is 0 Å². The number of hydrogen-bond donors (Lipinski definition) is 2. The zero-order valence-electron chi connectivity index (χ0n) is 17.9. The van der Waals surface area contributed by atoms with E-state index in [1.165, 1.54) is 6.26 Å². The molecule has 0 amide bonds. The molecule has 0 aliphatic carbocycles. The number of furan rings is 1. The molecule has 0 saturated heterocycles. The molecular weight excluding hydrogens is 418 g/mol. The first-order valence-electron chi connectivity index (χ1n) is 10.3. The van der Waals surface area contributed by atoms with E-state index < -0.39 is 6.10 Å². The second-order valence-electron chi connectivity index (χ2n) is 7.56. The van der Waals surface area contributed by atoms with E-state index in [1.54, 1.807) is 31.5 Å². The zero-order chi connectivity index (χ0) is 22.9. The highest BCUT2D eigenvalue weighted by molar-refractivity contribution is 5.82. The smallest absolute Gasteiger partial charge is 0.170 e. The molecule has 1 aromatic carbocycles. The number of nitrogens with one attached hydrogen (secondary N) is 1. The Morgan fingerprint density at radius 2 is 2.00 bits per heavy atom. The van der Waals surface area contributed by atoms with E-state index in [0.29, 0.717) is 34.2 Å². The third-order valence-corrected chi connectivity index (χ3v) is 5.23. The number of hydrogen-bond acceptors (Lipinski definition) is 8. The maximum absolute atomic E-state index is 10.2. The molecule has 0 saturated carbocycles. The van der Waals surface area contributed by atoms with E-state index in [-0.39, 0.29) is 0 Å². The number of rotatable bonds is 5. The van der Waals surface area contributed by atoms with Crippen LogP contribution < -0.4 is 5.32 Å². The van der Waals surface area contributed by atoms with E-state index in [4.69, 9.17) is 9.40 Å². The van der Waals surface area contributed by atoms with Crippen molar-refractivity contribution in [1.29, 1.82) is 5.26 Å². The van der Waals surface area contributed by atoms with Gasteiger partial charge in [-0.3, -0.25) is 4.57 Å². The first kappa shape index (κ1) is 20.4. The number of nitrogens with zero attached hydrogens (tertiary/aromatic N) is 6. The van der Waals surface area contributed by atoms with E-state index in [1.807, 2.05) is 41.8 Å². The Labute approximate surface area is 189 Å². The Bertz CT molecular complexity index is 1490. The van der Waals surface area contributed by atoms with Crippen LogP contribution in [-0.4, -0.2) is 29.8 Å². The Kier molecular flexibility index (Phi) is 5.05. The summed E-state index contributed by atoms with van der Waals surface area (Å²) in [7, 11) is 0. The van der Waals surface area contributed by atoms with E-state index in [9.17, 15) is 10.4 Å². The molecule has 5 rings (SSSR count). The molecule has 5 aromatic rings. The molecule has 9 heteroatoms. The highest BCUT2D eigenvalue weighted by atomic mass is 16.3. The van der Waals surface area contributed by atoms with E-state index in [2.05, 4.69) is 26.6 Å². The number of nitriles is 1. The van der Waals surface area contributed by atoms with Crippen LogP contribution in [0.3, 0.4) is 0 Å². The SMILES string of the molecule is Cc1ccc(Nc2ccc3c(c2)ncn3-c2ccc(C(C)O)c(-c3occc3C#N)n2)nn1. The average Bonchev–Trinajstić information content (AvgIpc) is 3.47. The molecule has 4 aromatic heterocycles. The van der Waals surface area contributed by atoms with Gasteiger partial charge in [0.15, 0.2) is 11.6 Å². The van der Waals surface area contributed by atoms with Crippen LogP contribution >= 0.6 is 0 Å². The normalized spacial score (nSPS) is 11.9. The minimum Gasteiger partial charge on any atom is -0.461 e. The van der Waals surface area contributed by atoms with Gasteiger partial charge in [-0.2, -0.15) is 10.4 Å². The minimum atomic E-state index is -0.781. The Morgan fingerprint density at radius 3 is 2.76 bits per heavy atom. The van der Waals surface area contributed by atoms with Gasteiger partial charge in [0.1, 0.15) is 23.9 Å². The summed E-state index contributed by atoms with van der Waals surface area (Å²) in [6.45, 7) is 3.53. The van der Waals surface area contributed by atoms with Crippen LogP contribution in [-0.2, 0) is 0 Å². The number of aromatic nitrogens is 5. The average molecular weight is 437 g/mol. The van der Waals surface area contributed by atoms with Crippen molar-refractivity contribution in [3.05, 3.63) is 77.9 Å². The number of benzene rings is 1. The lowest BCUT2D eigenvalue weighted by Crippen LogP contribution is -2.03. The van der Waals surface area contributed by atoms with Crippen LogP contribution in [0.5, 0.6) is 0 Å². The number of anilines is 2. The van der Waals surface area contributed by atoms with Gasteiger partial charge in [-0.05, 0) is 56.3 Å². The maximum Gasteiger partial charge on any atom is 0.170 e. The molecule has 162 valence electrons. The fourth-order valence-corrected chi connectivity index (χ4v) is 3.58. The van der Waals surface area contributed by atoms with Gasteiger partial charge in [0.2, 0.25) is 0 Å². The number of aliphatic hydroxyl groups is 1. The van der Waals surface area contributed by atoms with Gasteiger partial charge in [-0.25, -0.2) is 9.97 Å². The van der Waals surface area contributed by atoms with Gasteiger partial charge in [0.05, 0.1) is 34.7 Å². The van der Waals surface area contributed by atoms with Crippen molar-refractivity contribution >= 4 is 22.5 Å². The molecule has 0 bridgehead atoms. The molecule has 1 unspecified atom stereocenters. The fraction of sp³-hybridized carbons (Fsp3) is 0.125. The number of imidazole rings is 1. The number of aliphatic hydroxyl groups excluding tert-OH is 1. The van der Waals surface area contributed by atoms with Gasteiger partial charge in [-0.1, -0.05) is 6.07 Å². The molecule has 0 aliphatic heterocycles. The van der Waals surface area contributed by atoms with Crippen molar-refractivity contribution in [2.45, 2.75) is 20.0 Å². The molecule has 0 aliphatic rings. The minimum absolute atomic E-state index is 0.324. The lowest BCUT2D eigenvalue weighted by Gasteiger charge is -2.13. The first-order valence-corrected chi connectivity index (χ1v) is 10.3. The highest BCUT2D eigenvalue weighted by Crippen LogP contribution is 2.31. The van der Waals surface area contributed by atoms with Gasteiger partial charge in [0.25, 0.3) is 0 Å². The summed E-state index contributed by atoms with van der Waals surface area (Å²) < 4.78 is 7.37. The van der Waals surface area contributed by atoms with Gasteiger partial charge >= 0.3 is 0 Å². The summed E-state index contributed by atoms with van der Waals surface area (Å²) in [5, 5.41) is 31.0. The van der Waals surface area contributed by atoms with Crippen molar-refractivity contribution in [1.82, 2.24) is 24.7 Å². The lowest BCUT2D eigenvalue weighted by atomic mass is 10.0. The van der Waals surface area contributed by atoms with Crippen molar-refractivity contribution in [3.8, 4) is 23.3 Å². The summed E-state index contributed by atoms with van der Waals surface area (Å²) in [5.74, 6) is 1.55. The van der Waals surface area contributed by atoms with Crippen molar-refractivity contribution in [2.75, 3.05) is 5.32 Å². The topological polar surface area (TPSA) is 126 Å². The number of aryl methyl sites for hydroxylation is 1. The molecule has 33 heavy (non-hydrogen) atoms. The fourth-order valence-electron chi connectivity index (χ4n) is 3.58. The van der Waals surface area contributed by atoms with Crippen LogP contribution in [0.4, 0.5) is 11.5 Å². The highest BCUT2D eigenvalue weighted by Gasteiger charge is 2.19. The van der Waals surface area contributed by atoms with Crippen molar-refractivity contribution < 1.29 is 9.52 Å². The molecule has 0 radical (unpaired) electrons. The number of pyridine rings is 1. The summed E-state index contributed by atoms with van der Waals surface area (Å²) in [6.07, 6.45) is 2.34. The Hall–Kier alpha value is -4.55. The standard InChI is InChI=1S/C24H19N7O2/c1-14-3-7-21(30-29-14)27-17-4-6-20-19(11-17)26-13-31(20)22-8-5-18(15(2)32)23(28-22)24-16(12-25)9-10-33-24/h3-11,13,15,32H,1-2H3,(H,27,30). The molecule has 2 N–H and O–H groups in total. The Morgan fingerprint density at radius 1 is 1.12 bits per heavy atom. The van der Waals surface area contributed by atoms with Crippen LogP contribution in [0.1, 0.15) is 29.8 Å². The molecule has 1 atom stereocenters. The molecule has 0 fully saturated rings. The predicted molar refractivity (Wildman–Crippen MR) is 122 cm³/mol.